The monoisotopic (exact) mass is 285 g/mol. The van der Waals surface area contributed by atoms with Crippen molar-refractivity contribution in [2.45, 2.75) is 19.5 Å². The molecule has 0 atom stereocenters. The molecule has 0 saturated carbocycles. The Morgan fingerprint density at radius 2 is 2.00 bits per heavy atom. The quantitative estimate of drug-likeness (QED) is 0.853. The van der Waals surface area contributed by atoms with Gasteiger partial charge >= 0.3 is 0 Å². The van der Waals surface area contributed by atoms with Crippen LogP contribution in [0.3, 0.4) is 0 Å². The number of hydrogen-bond acceptors (Lipinski definition) is 3. The van der Waals surface area contributed by atoms with Crippen molar-refractivity contribution in [3.63, 3.8) is 0 Å². The van der Waals surface area contributed by atoms with Gasteiger partial charge in [-0.15, -0.1) is 11.3 Å². The van der Waals surface area contributed by atoms with Gasteiger partial charge in [-0.25, -0.2) is 0 Å². The van der Waals surface area contributed by atoms with E-state index in [1.807, 2.05) is 18.2 Å². The van der Waals surface area contributed by atoms with Crippen molar-refractivity contribution in [1.29, 1.82) is 0 Å². The molecule has 0 radical (unpaired) electrons. The molecule has 0 aliphatic rings. The van der Waals surface area contributed by atoms with Crippen LogP contribution in [0.2, 0.25) is 0 Å². The number of benzene rings is 1. The molecule has 1 heterocycles. The van der Waals surface area contributed by atoms with Crippen LogP contribution in [0.25, 0.3) is 0 Å². The van der Waals surface area contributed by atoms with E-state index < -0.39 is 0 Å². The first-order valence-corrected chi connectivity index (χ1v) is 7.56. The highest BCUT2D eigenvalue weighted by atomic mass is 32.1. The maximum Gasteiger partial charge on any atom is 0.0540 e. The summed E-state index contributed by atoms with van der Waals surface area (Å²) < 4.78 is 0. The third-order valence-electron chi connectivity index (χ3n) is 2.92. The van der Waals surface area contributed by atoms with Gasteiger partial charge in [0.1, 0.15) is 0 Å². The molecule has 2 rings (SSSR count). The van der Waals surface area contributed by atoms with Crippen molar-refractivity contribution in [3.05, 3.63) is 57.8 Å². The molecule has 0 fully saturated rings. The van der Waals surface area contributed by atoms with Gasteiger partial charge in [0, 0.05) is 30.0 Å². The number of nitrogens with zero attached hydrogens (tertiary/aromatic N) is 1. The van der Waals surface area contributed by atoms with E-state index in [0.29, 0.717) is 6.42 Å². The fourth-order valence-corrected chi connectivity index (χ4v) is 2.79. The minimum absolute atomic E-state index is 0.118. The molecular formula is C17H19NOS. The summed E-state index contributed by atoms with van der Waals surface area (Å²) in [4.78, 5) is 3.66. The minimum atomic E-state index is 0.118. The van der Waals surface area contributed by atoms with Gasteiger partial charge in [0.15, 0.2) is 0 Å². The Morgan fingerprint density at radius 1 is 1.15 bits per heavy atom. The molecular weight excluding hydrogens is 266 g/mol. The fourth-order valence-electron chi connectivity index (χ4n) is 2.01. The molecule has 1 aromatic heterocycles. The first-order valence-electron chi connectivity index (χ1n) is 6.68. The summed E-state index contributed by atoms with van der Waals surface area (Å²) in [5.74, 6) is 6.14. The molecule has 0 saturated heterocycles. The lowest BCUT2D eigenvalue weighted by Crippen LogP contribution is -2.17. The molecule has 1 N–H and O–H groups in total. The summed E-state index contributed by atoms with van der Waals surface area (Å²) in [5, 5.41) is 10.9. The van der Waals surface area contributed by atoms with E-state index in [1.165, 1.54) is 10.4 Å². The zero-order valence-electron chi connectivity index (χ0n) is 11.7. The summed E-state index contributed by atoms with van der Waals surface area (Å²) >= 11 is 1.79. The van der Waals surface area contributed by atoms with Gasteiger partial charge in [-0.05, 0) is 30.1 Å². The Kier molecular flexibility index (Phi) is 5.82. The first kappa shape index (κ1) is 14.8. The Bertz CT molecular complexity index is 581. The SMILES string of the molecule is CN(Cc1cccs1)Cc1ccccc1C#CCCO. The maximum absolute atomic E-state index is 8.79. The van der Waals surface area contributed by atoms with E-state index in [1.54, 1.807) is 11.3 Å². The largest absolute Gasteiger partial charge is 0.395 e. The lowest BCUT2D eigenvalue weighted by atomic mass is 10.1. The number of rotatable bonds is 5. The smallest absolute Gasteiger partial charge is 0.0540 e. The van der Waals surface area contributed by atoms with Crippen LogP contribution < -0.4 is 0 Å². The second-order valence-corrected chi connectivity index (χ2v) is 5.72. The number of thiophene rings is 1. The number of aliphatic hydroxyl groups is 1. The van der Waals surface area contributed by atoms with E-state index in [-0.39, 0.29) is 6.61 Å². The Hall–Kier alpha value is -1.60. The van der Waals surface area contributed by atoms with E-state index in [9.17, 15) is 0 Å². The molecule has 0 unspecified atom stereocenters. The van der Waals surface area contributed by atoms with Crippen LogP contribution in [0.15, 0.2) is 41.8 Å². The lowest BCUT2D eigenvalue weighted by Gasteiger charge is -2.16. The third kappa shape index (κ3) is 4.50. The van der Waals surface area contributed by atoms with Crippen molar-refractivity contribution < 1.29 is 5.11 Å². The average molecular weight is 285 g/mol. The second-order valence-electron chi connectivity index (χ2n) is 4.68. The molecule has 2 aromatic rings. The van der Waals surface area contributed by atoms with E-state index in [0.717, 1.165) is 18.7 Å². The topological polar surface area (TPSA) is 23.5 Å². The molecule has 20 heavy (non-hydrogen) atoms. The predicted octanol–water partition coefficient (Wildman–Crippen LogP) is 3.11. The van der Waals surface area contributed by atoms with E-state index in [2.05, 4.69) is 47.4 Å². The van der Waals surface area contributed by atoms with Crippen LogP contribution in [0.5, 0.6) is 0 Å². The Morgan fingerprint density at radius 3 is 2.75 bits per heavy atom. The fraction of sp³-hybridized carbons (Fsp3) is 0.294. The number of aliphatic hydroxyl groups excluding tert-OH is 1. The highest BCUT2D eigenvalue weighted by Gasteiger charge is 2.05. The van der Waals surface area contributed by atoms with Crippen LogP contribution in [-0.2, 0) is 13.1 Å². The molecule has 0 aliphatic carbocycles. The van der Waals surface area contributed by atoms with Crippen LogP contribution >= 0.6 is 11.3 Å². The molecule has 0 spiro atoms. The van der Waals surface area contributed by atoms with E-state index in [4.69, 9.17) is 5.11 Å². The van der Waals surface area contributed by atoms with E-state index >= 15 is 0 Å². The van der Waals surface area contributed by atoms with Crippen molar-refractivity contribution in [3.8, 4) is 11.8 Å². The van der Waals surface area contributed by atoms with Gasteiger partial charge in [-0.3, -0.25) is 4.90 Å². The molecule has 1 aromatic carbocycles. The molecule has 0 amide bonds. The standard InChI is InChI=1S/C17H19NOS/c1-18(14-17-10-6-12-20-17)13-16-9-3-2-7-15(16)8-4-5-11-19/h2-3,6-7,9-10,12,19H,5,11,13-14H2,1H3. The molecule has 0 aliphatic heterocycles. The highest BCUT2D eigenvalue weighted by Crippen LogP contribution is 2.15. The van der Waals surface area contributed by atoms with Crippen LogP contribution in [0.1, 0.15) is 22.4 Å². The van der Waals surface area contributed by atoms with Crippen molar-refractivity contribution >= 4 is 11.3 Å². The zero-order chi connectivity index (χ0) is 14.2. The Labute approximate surface area is 124 Å². The van der Waals surface area contributed by atoms with Gasteiger partial charge < -0.3 is 5.11 Å². The molecule has 0 bridgehead atoms. The second kappa shape index (κ2) is 7.86. The van der Waals surface area contributed by atoms with Gasteiger partial charge in [-0.2, -0.15) is 0 Å². The van der Waals surface area contributed by atoms with Crippen LogP contribution in [-0.4, -0.2) is 23.7 Å². The van der Waals surface area contributed by atoms with Crippen molar-refractivity contribution in [1.82, 2.24) is 4.90 Å². The zero-order valence-corrected chi connectivity index (χ0v) is 12.5. The highest BCUT2D eigenvalue weighted by molar-refractivity contribution is 7.09. The minimum Gasteiger partial charge on any atom is -0.395 e. The first-order chi connectivity index (χ1) is 9.79. The van der Waals surface area contributed by atoms with Crippen molar-refractivity contribution in [2.75, 3.05) is 13.7 Å². The lowest BCUT2D eigenvalue weighted by molar-refractivity contribution is 0.305. The molecule has 3 heteroatoms. The molecule has 104 valence electrons. The normalized spacial score (nSPS) is 10.3. The average Bonchev–Trinajstić information content (AvgIpc) is 2.93. The summed E-state index contributed by atoms with van der Waals surface area (Å²) in [7, 11) is 2.12. The van der Waals surface area contributed by atoms with Gasteiger partial charge in [0.2, 0.25) is 0 Å². The van der Waals surface area contributed by atoms with Crippen LogP contribution in [0, 0.1) is 11.8 Å². The Balaban J connectivity index is 2.03. The van der Waals surface area contributed by atoms with Crippen LogP contribution in [0.4, 0.5) is 0 Å². The molecule has 2 nitrogen and oxygen atoms in total. The summed E-state index contributed by atoms with van der Waals surface area (Å²) in [5.41, 5.74) is 2.29. The van der Waals surface area contributed by atoms with Crippen molar-refractivity contribution in [2.24, 2.45) is 0 Å². The maximum atomic E-state index is 8.79. The summed E-state index contributed by atoms with van der Waals surface area (Å²) in [6, 6.07) is 12.5. The number of hydrogen-bond donors (Lipinski definition) is 1. The predicted molar refractivity (Wildman–Crippen MR) is 84.5 cm³/mol. The third-order valence-corrected chi connectivity index (χ3v) is 3.78. The summed E-state index contributed by atoms with van der Waals surface area (Å²) in [6.45, 7) is 1.95. The summed E-state index contributed by atoms with van der Waals surface area (Å²) in [6.07, 6.45) is 0.527. The van der Waals surface area contributed by atoms with Gasteiger partial charge in [-0.1, -0.05) is 36.1 Å². The van der Waals surface area contributed by atoms with Gasteiger partial charge in [0.25, 0.3) is 0 Å². The van der Waals surface area contributed by atoms with Gasteiger partial charge in [0.05, 0.1) is 6.61 Å².